The number of rotatable bonds is 3. The van der Waals surface area contributed by atoms with E-state index >= 15 is 0 Å². The molecule has 0 spiro atoms. The Morgan fingerprint density at radius 1 is 0.500 bits per heavy atom. The fourth-order valence-corrected chi connectivity index (χ4v) is 6.40. The van der Waals surface area contributed by atoms with Crippen LogP contribution in [0.15, 0.2) is 72.8 Å². The van der Waals surface area contributed by atoms with Crippen molar-refractivity contribution in [3.05, 3.63) is 72.8 Å². The summed E-state index contributed by atoms with van der Waals surface area (Å²) in [6.45, 7) is 8.42. The molecule has 5 aromatic rings. The topological polar surface area (TPSA) is 18.5 Å². The third kappa shape index (κ3) is 4.03. The van der Waals surface area contributed by atoms with Crippen LogP contribution in [0.4, 0.5) is 0 Å². The Hall–Kier alpha value is -3.07. The van der Waals surface area contributed by atoms with Crippen molar-refractivity contribution in [3.63, 3.8) is 0 Å². The van der Waals surface area contributed by atoms with E-state index in [1.807, 2.05) is 0 Å². The first-order valence-electron chi connectivity index (χ1n) is 14.4. The monoisotopic (exact) mass is 516 g/mol. The lowest BCUT2D eigenvalue weighted by Crippen LogP contribution is -2.55. The van der Waals surface area contributed by atoms with Crippen molar-refractivity contribution in [2.45, 2.75) is 38.9 Å². The Balaban J connectivity index is 1.65. The maximum Gasteiger partial charge on any atom is 0.494 e. The molecule has 0 aromatic heterocycles. The summed E-state index contributed by atoms with van der Waals surface area (Å²) >= 11 is 0. The van der Waals surface area contributed by atoms with E-state index in [0.29, 0.717) is 0 Å². The minimum atomic E-state index is -0.398. The smallest absolute Gasteiger partial charge is 0.399 e. The Bertz CT molecular complexity index is 1730. The summed E-state index contributed by atoms with van der Waals surface area (Å²) in [4.78, 5) is 0. The van der Waals surface area contributed by atoms with Crippen molar-refractivity contribution >= 4 is 101 Å². The third-order valence-corrected chi connectivity index (χ3v) is 9.88. The normalized spacial score (nSPS) is 16.1. The molecule has 0 amide bonds. The van der Waals surface area contributed by atoms with Crippen molar-refractivity contribution in [1.29, 1.82) is 0 Å². The molecule has 40 heavy (non-hydrogen) atoms. The molecule has 2 nitrogen and oxygen atoms in total. The zero-order valence-corrected chi connectivity index (χ0v) is 25.3. The van der Waals surface area contributed by atoms with Crippen LogP contribution in [0, 0.1) is 0 Å². The van der Waals surface area contributed by atoms with Crippen molar-refractivity contribution in [2.24, 2.45) is 0 Å². The molecule has 0 atom stereocenters. The SMILES string of the molecule is Bc1c(B)c(B)c(-c2c3ccccc3c(-c3cccc(B4OC(C)(C)C(C)(C)O4)c3)c3ccccc23)c(B)c1B. The zero-order valence-electron chi connectivity index (χ0n) is 25.3. The minimum absolute atomic E-state index is 0.380. The van der Waals surface area contributed by atoms with Crippen LogP contribution in [0.3, 0.4) is 0 Å². The van der Waals surface area contributed by atoms with Gasteiger partial charge in [-0.2, -0.15) is 0 Å². The summed E-state index contributed by atoms with van der Waals surface area (Å²) in [7, 11) is 11.0. The Kier molecular flexibility index (Phi) is 6.44. The molecule has 1 aliphatic rings. The van der Waals surface area contributed by atoms with E-state index < -0.39 is 7.12 Å². The molecule has 0 aliphatic carbocycles. The van der Waals surface area contributed by atoms with Gasteiger partial charge in [0.25, 0.3) is 0 Å². The van der Waals surface area contributed by atoms with Gasteiger partial charge in [-0.25, -0.2) is 0 Å². The second kappa shape index (κ2) is 9.50. The highest BCUT2D eigenvalue weighted by Gasteiger charge is 2.51. The van der Waals surface area contributed by atoms with Gasteiger partial charge in [-0.05, 0) is 77.0 Å². The van der Waals surface area contributed by atoms with Gasteiger partial charge in [-0.15, -0.1) is 16.4 Å². The van der Waals surface area contributed by atoms with Crippen LogP contribution in [0.5, 0.6) is 0 Å². The molecule has 1 saturated heterocycles. The lowest BCUT2D eigenvalue weighted by molar-refractivity contribution is 0.00578. The largest absolute Gasteiger partial charge is 0.494 e. The maximum absolute atomic E-state index is 6.43. The Morgan fingerprint density at radius 3 is 1.40 bits per heavy atom. The standard InChI is InChI=1S/C32H34B6O2/c1-31(2)32(3,4)40-38(39-31)18-11-9-10-17(16-18)23-19-12-5-7-14-21(19)24(22-15-8-6-13-20(22)23)25-26(33)28(35)30(37)29(36)27(25)34/h5-16H,33-37H2,1-4H3. The van der Waals surface area contributed by atoms with Crippen LogP contribution in [0.1, 0.15) is 27.7 Å². The lowest BCUT2D eigenvalue weighted by atomic mass is 9.59. The lowest BCUT2D eigenvalue weighted by Gasteiger charge is -2.32. The van der Waals surface area contributed by atoms with Crippen molar-refractivity contribution in [3.8, 4) is 22.3 Å². The van der Waals surface area contributed by atoms with Crippen LogP contribution in [0.25, 0.3) is 43.8 Å². The van der Waals surface area contributed by atoms with Crippen molar-refractivity contribution in [1.82, 2.24) is 0 Å². The second-order valence-corrected chi connectivity index (χ2v) is 12.6. The average Bonchev–Trinajstić information content (AvgIpc) is 3.17. The van der Waals surface area contributed by atoms with Gasteiger partial charge in [0.1, 0.15) is 39.2 Å². The second-order valence-electron chi connectivity index (χ2n) is 12.6. The van der Waals surface area contributed by atoms with Gasteiger partial charge in [0.05, 0.1) is 11.2 Å². The van der Waals surface area contributed by atoms with Gasteiger partial charge in [0.2, 0.25) is 0 Å². The highest BCUT2D eigenvalue weighted by molar-refractivity contribution is 6.69. The summed E-state index contributed by atoms with van der Waals surface area (Å²) < 4.78 is 12.9. The van der Waals surface area contributed by atoms with Crippen molar-refractivity contribution in [2.75, 3.05) is 0 Å². The first kappa shape index (κ1) is 27.1. The number of fused-ring (bicyclic) bond motifs is 2. The predicted octanol–water partition coefficient (Wildman–Crippen LogP) is -1.08. The first-order valence-corrected chi connectivity index (χ1v) is 14.4. The molecule has 1 aliphatic heterocycles. The van der Waals surface area contributed by atoms with Gasteiger partial charge >= 0.3 is 7.12 Å². The summed E-state index contributed by atoms with van der Waals surface area (Å²) in [6, 6.07) is 26.5. The summed E-state index contributed by atoms with van der Waals surface area (Å²) in [6.07, 6.45) is 0. The summed E-state index contributed by atoms with van der Waals surface area (Å²) in [5.74, 6) is 0. The maximum atomic E-state index is 6.43. The minimum Gasteiger partial charge on any atom is -0.399 e. The van der Waals surface area contributed by atoms with Crippen molar-refractivity contribution < 1.29 is 9.31 Å². The van der Waals surface area contributed by atoms with Crippen LogP contribution >= 0.6 is 0 Å². The highest BCUT2D eigenvalue weighted by Crippen LogP contribution is 2.43. The summed E-state index contributed by atoms with van der Waals surface area (Å²) in [5.41, 5.74) is 12.3. The molecule has 8 heteroatoms. The Labute approximate surface area is 243 Å². The molecule has 0 bridgehead atoms. The van der Waals surface area contributed by atoms with Crippen LogP contribution in [0.2, 0.25) is 0 Å². The number of hydrogen-bond acceptors (Lipinski definition) is 2. The molecular weight excluding hydrogens is 481 g/mol. The van der Waals surface area contributed by atoms with Gasteiger partial charge in [0, 0.05) is 0 Å². The first-order chi connectivity index (χ1) is 18.9. The van der Waals surface area contributed by atoms with E-state index in [9.17, 15) is 0 Å². The number of hydrogen-bond donors (Lipinski definition) is 0. The van der Waals surface area contributed by atoms with E-state index in [1.54, 1.807) is 0 Å². The van der Waals surface area contributed by atoms with E-state index in [-0.39, 0.29) is 11.2 Å². The highest BCUT2D eigenvalue weighted by atomic mass is 16.7. The average molecular weight is 515 g/mol. The fraction of sp³-hybridized carbons (Fsp3) is 0.188. The molecule has 5 aromatic carbocycles. The molecule has 1 heterocycles. The van der Waals surface area contributed by atoms with E-state index in [1.165, 1.54) is 71.1 Å². The van der Waals surface area contributed by atoms with E-state index in [0.717, 1.165) is 5.46 Å². The van der Waals surface area contributed by atoms with Gasteiger partial charge in [-0.1, -0.05) is 83.7 Å². The molecule has 0 saturated carbocycles. The van der Waals surface area contributed by atoms with Gasteiger partial charge in [-0.3, -0.25) is 0 Å². The van der Waals surface area contributed by atoms with E-state index in [4.69, 9.17) is 9.31 Å². The van der Waals surface area contributed by atoms with Gasteiger partial charge < -0.3 is 9.31 Å². The fourth-order valence-electron chi connectivity index (χ4n) is 6.40. The van der Waals surface area contributed by atoms with Crippen LogP contribution in [-0.4, -0.2) is 57.6 Å². The molecule has 6 rings (SSSR count). The molecule has 0 radical (unpaired) electrons. The quantitative estimate of drug-likeness (QED) is 0.225. The Morgan fingerprint density at radius 2 is 0.925 bits per heavy atom. The molecule has 0 unspecified atom stereocenters. The van der Waals surface area contributed by atoms with E-state index in [2.05, 4.69) is 140 Å². The van der Waals surface area contributed by atoms with Crippen LogP contribution < -0.4 is 32.8 Å². The number of benzene rings is 5. The third-order valence-electron chi connectivity index (χ3n) is 9.88. The van der Waals surface area contributed by atoms with Crippen LogP contribution in [-0.2, 0) is 9.31 Å². The molecule has 0 N–H and O–H groups in total. The molecule has 192 valence electrons. The predicted molar refractivity (Wildman–Crippen MR) is 189 cm³/mol. The van der Waals surface area contributed by atoms with Gasteiger partial charge in [0.15, 0.2) is 0 Å². The molecule has 1 fully saturated rings. The molecular formula is C32H34B6O2. The summed E-state index contributed by atoms with van der Waals surface area (Å²) in [5, 5.41) is 5.09. The zero-order chi connectivity index (χ0) is 28.6.